The molecule has 1 heterocycles. The van der Waals surface area contributed by atoms with E-state index in [1.807, 2.05) is 0 Å². The van der Waals surface area contributed by atoms with E-state index in [4.69, 9.17) is 4.84 Å². The number of rotatable bonds is 0. The zero-order valence-corrected chi connectivity index (χ0v) is 5.89. The van der Waals surface area contributed by atoms with Crippen molar-refractivity contribution in [1.82, 2.24) is 5.23 Å². The van der Waals surface area contributed by atoms with E-state index >= 15 is 0 Å². The largest absolute Gasteiger partial charge is 0.762 e. The molecule has 3 heteroatoms. The number of hydroxylamine groups is 2. The van der Waals surface area contributed by atoms with Crippen molar-refractivity contribution in [3.63, 3.8) is 0 Å². The van der Waals surface area contributed by atoms with Crippen LogP contribution in [-0.2, 0) is 4.84 Å². The Morgan fingerprint density at radius 1 is 1.56 bits per heavy atom. The van der Waals surface area contributed by atoms with Gasteiger partial charge in [0.15, 0.2) is 0 Å². The SMILES string of the molecule is CC1(C)CCON([O-])C1. The Balaban J connectivity index is 2.41. The van der Waals surface area contributed by atoms with Crippen LogP contribution in [0.15, 0.2) is 0 Å². The van der Waals surface area contributed by atoms with Gasteiger partial charge in [0, 0.05) is 6.54 Å². The Hall–Kier alpha value is -0.120. The van der Waals surface area contributed by atoms with Crippen molar-refractivity contribution in [2.24, 2.45) is 5.41 Å². The molecule has 0 spiro atoms. The summed E-state index contributed by atoms with van der Waals surface area (Å²) in [6.07, 6.45) is 0.978. The van der Waals surface area contributed by atoms with Gasteiger partial charge in [0.05, 0.1) is 6.61 Å². The van der Waals surface area contributed by atoms with Gasteiger partial charge in [-0.1, -0.05) is 13.8 Å². The molecule has 1 fully saturated rings. The highest BCUT2D eigenvalue weighted by Gasteiger charge is 2.22. The van der Waals surface area contributed by atoms with E-state index in [1.54, 1.807) is 0 Å². The molecule has 3 nitrogen and oxygen atoms in total. The second-order valence-electron chi connectivity index (χ2n) is 3.24. The summed E-state index contributed by atoms with van der Waals surface area (Å²) in [5.41, 5.74) is 0.139. The molecule has 0 aliphatic carbocycles. The zero-order valence-electron chi connectivity index (χ0n) is 5.89. The number of hydrogen-bond donors (Lipinski definition) is 0. The highest BCUT2D eigenvalue weighted by atomic mass is 16.9. The van der Waals surface area contributed by atoms with Crippen LogP contribution >= 0.6 is 0 Å². The molecular formula is C6H12NO2-. The summed E-state index contributed by atoms with van der Waals surface area (Å²) in [5, 5.41) is 11.2. The Labute approximate surface area is 55.1 Å². The molecule has 0 unspecified atom stereocenters. The summed E-state index contributed by atoms with van der Waals surface area (Å²) in [6, 6.07) is 0. The van der Waals surface area contributed by atoms with Crippen LogP contribution in [-0.4, -0.2) is 18.4 Å². The molecule has 0 aromatic heterocycles. The van der Waals surface area contributed by atoms with E-state index in [9.17, 15) is 5.21 Å². The molecule has 0 atom stereocenters. The van der Waals surface area contributed by atoms with Crippen molar-refractivity contribution < 1.29 is 4.84 Å². The Morgan fingerprint density at radius 3 is 2.56 bits per heavy atom. The molecule has 0 saturated carbocycles. The highest BCUT2D eigenvalue weighted by Crippen LogP contribution is 2.25. The second-order valence-corrected chi connectivity index (χ2v) is 3.24. The quantitative estimate of drug-likeness (QED) is 0.493. The van der Waals surface area contributed by atoms with Gasteiger partial charge in [-0.2, -0.15) is 0 Å². The maximum atomic E-state index is 10.6. The topological polar surface area (TPSA) is 35.5 Å². The van der Waals surface area contributed by atoms with Gasteiger partial charge in [-0.3, -0.25) is 5.23 Å². The van der Waals surface area contributed by atoms with Crippen molar-refractivity contribution in [2.75, 3.05) is 13.2 Å². The molecular weight excluding hydrogens is 118 g/mol. The Bertz CT molecular complexity index is 103. The maximum absolute atomic E-state index is 10.6. The average Bonchev–Trinajstić information content (AvgIpc) is 1.60. The zero-order chi connectivity index (χ0) is 6.91. The van der Waals surface area contributed by atoms with Crippen molar-refractivity contribution in [2.45, 2.75) is 20.3 Å². The summed E-state index contributed by atoms with van der Waals surface area (Å²) >= 11 is 0. The van der Waals surface area contributed by atoms with Gasteiger partial charge in [0.25, 0.3) is 0 Å². The fraction of sp³-hybridized carbons (Fsp3) is 1.00. The van der Waals surface area contributed by atoms with E-state index in [2.05, 4.69) is 13.8 Å². The van der Waals surface area contributed by atoms with Crippen LogP contribution in [0.1, 0.15) is 20.3 Å². The van der Waals surface area contributed by atoms with E-state index in [0.29, 0.717) is 18.4 Å². The predicted octanol–water partition coefficient (Wildman–Crippen LogP) is 1.15. The molecule has 54 valence electrons. The molecule has 0 bridgehead atoms. The second kappa shape index (κ2) is 2.25. The van der Waals surface area contributed by atoms with E-state index in [-0.39, 0.29) is 5.41 Å². The molecule has 0 aromatic rings. The summed E-state index contributed by atoms with van der Waals surface area (Å²) < 4.78 is 0. The lowest BCUT2D eigenvalue weighted by atomic mass is 9.89. The first-order valence-electron chi connectivity index (χ1n) is 3.18. The molecule has 1 aliphatic rings. The molecule has 1 saturated heterocycles. The minimum Gasteiger partial charge on any atom is -0.762 e. The van der Waals surface area contributed by atoms with Crippen molar-refractivity contribution in [3.05, 3.63) is 5.21 Å². The van der Waals surface area contributed by atoms with Gasteiger partial charge in [-0.15, -0.1) is 0 Å². The van der Waals surface area contributed by atoms with Crippen molar-refractivity contribution in [1.29, 1.82) is 0 Å². The molecule has 0 radical (unpaired) electrons. The van der Waals surface area contributed by atoms with Gasteiger partial charge in [0.2, 0.25) is 0 Å². The van der Waals surface area contributed by atoms with Crippen LogP contribution in [0.25, 0.3) is 0 Å². The van der Waals surface area contributed by atoms with E-state index in [1.165, 1.54) is 0 Å². The Kier molecular flexibility index (Phi) is 1.75. The molecule has 9 heavy (non-hydrogen) atoms. The minimum absolute atomic E-state index is 0.139. The fourth-order valence-electron chi connectivity index (χ4n) is 0.898. The lowest BCUT2D eigenvalue weighted by Gasteiger charge is -2.40. The first-order valence-corrected chi connectivity index (χ1v) is 3.18. The molecule has 1 aliphatic heterocycles. The lowest BCUT2D eigenvalue weighted by molar-refractivity contribution is -0.175. The predicted molar refractivity (Wildman–Crippen MR) is 34.4 cm³/mol. The maximum Gasteiger partial charge on any atom is 0.0678 e. The third kappa shape index (κ3) is 1.93. The average molecular weight is 130 g/mol. The van der Waals surface area contributed by atoms with Gasteiger partial charge < -0.3 is 10.0 Å². The fourth-order valence-corrected chi connectivity index (χ4v) is 0.898. The van der Waals surface area contributed by atoms with Gasteiger partial charge in [-0.05, 0) is 11.8 Å². The van der Waals surface area contributed by atoms with E-state index in [0.717, 1.165) is 6.42 Å². The van der Waals surface area contributed by atoms with Gasteiger partial charge in [0.1, 0.15) is 0 Å². The first kappa shape index (κ1) is 6.99. The monoisotopic (exact) mass is 130 g/mol. The first-order chi connectivity index (χ1) is 4.10. The van der Waals surface area contributed by atoms with Crippen LogP contribution in [0, 0.1) is 10.6 Å². The number of nitrogens with zero attached hydrogens (tertiary/aromatic N) is 1. The summed E-state index contributed by atoms with van der Waals surface area (Å²) in [4.78, 5) is 4.69. The molecule has 0 N–H and O–H groups in total. The summed E-state index contributed by atoms with van der Waals surface area (Å²) in [7, 11) is 0. The van der Waals surface area contributed by atoms with Crippen LogP contribution < -0.4 is 0 Å². The Morgan fingerprint density at radius 2 is 2.22 bits per heavy atom. The molecule has 0 aromatic carbocycles. The van der Waals surface area contributed by atoms with E-state index < -0.39 is 0 Å². The molecule has 1 rings (SSSR count). The van der Waals surface area contributed by atoms with Gasteiger partial charge in [-0.25, -0.2) is 0 Å². The van der Waals surface area contributed by atoms with Crippen LogP contribution in [0.4, 0.5) is 0 Å². The lowest BCUT2D eigenvalue weighted by Crippen LogP contribution is -2.37. The third-order valence-electron chi connectivity index (χ3n) is 1.57. The van der Waals surface area contributed by atoms with Crippen molar-refractivity contribution >= 4 is 0 Å². The smallest absolute Gasteiger partial charge is 0.0678 e. The van der Waals surface area contributed by atoms with Gasteiger partial charge >= 0.3 is 0 Å². The van der Waals surface area contributed by atoms with Crippen molar-refractivity contribution in [3.8, 4) is 0 Å². The van der Waals surface area contributed by atoms with Crippen LogP contribution in [0.2, 0.25) is 0 Å². The third-order valence-corrected chi connectivity index (χ3v) is 1.57. The number of hydrogen-bond acceptors (Lipinski definition) is 3. The minimum atomic E-state index is 0.139. The summed E-state index contributed by atoms with van der Waals surface area (Å²) in [6.45, 7) is 5.20. The standard InChI is InChI=1S/C6H12NO2/c1-6(2)3-4-9-7(8)5-6/h3-5H2,1-2H3/q-1. The normalized spacial score (nSPS) is 28.3. The highest BCUT2D eigenvalue weighted by molar-refractivity contribution is 4.73. The van der Waals surface area contributed by atoms with Crippen LogP contribution in [0.5, 0.6) is 0 Å². The molecule has 0 amide bonds. The summed E-state index contributed by atoms with van der Waals surface area (Å²) in [5.74, 6) is 0. The van der Waals surface area contributed by atoms with Crippen LogP contribution in [0.3, 0.4) is 0 Å².